The van der Waals surface area contributed by atoms with Gasteiger partial charge in [0.25, 0.3) is 0 Å². The number of nitrogens with one attached hydrogen (secondary N) is 1. The van der Waals surface area contributed by atoms with E-state index in [1.54, 1.807) is 39.8 Å². The third-order valence-corrected chi connectivity index (χ3v) is 5.41. The quantitative estimate of drug-likeness (QED) is 0.254. The molecule has 7 nitrogen and oxygen atoms in total. The highest BCUT2D eigenvalue weighted by Gasteiger charge is 2.27. The summed E-state index contributed by atoms with van der Waals surface area (Å²) in [7, 11) is 0. The zero-order valence-electron chi connectivity index (χ0n) is 21.1. The van der Waals surface area contributed by atoms with Gasteiger partial charge < -0.3 is 19.2 Å². The van der Waals surface area contributed by atoms with E-state index < -0.39 is 29.3 Å². The fourth-order valence-electron chi connectivity index (χ4n) is 3.69. The fraction of sp³-hybridized carbons (Fsp3) is 0.393. The lowest BCUT2D eigenvalue weighted by Gasteiger charge is -2.23. The van der Waals surface area contributed by atoms with Crippen molar-refractivity contribution in [3.63, 3.8) is 0 Å². The van der Waals surface area contributed by atoms with Crippen molar-refractivity contribution >= 4 is 23.0 Å². The second-order valence-electron chi connectivity index (χ2n) is 10.0. The van der Waals surface area contributed by atoms with Gasteiger partial charge in [-0.3, -0.25) is 0 Å². The number of amides is 1. The highest BCUT2D eigenvalue weighted by molar-refractivity contribution is 5.96. The third kappa shape index (κ3) is 6.94. The predicted molar refractivity (Wildman–Crippen MR) is 136 cm³/mol. The molecular formula is C28H33NO6. The average molecular weight is 480 g/mol. The van der Waals surface area contributed by atoms with Gasteiger partial charge in [0.1, 0.15) is 23.0 Å². The molecule has 0 saturated carbocycles. The van der Waals surface area contributed by atoms with Gasteiger partial charge in [0, 0.05) is 17.0 Å². The molecule has 3 rings (SSSR count). The van der Waals surface area contributed by atoms with Gasteiger partial charge >= 0.3 is 17.7 Å². The number of carbonyl (C=O) groups is 2. The number of alkyl carbamates (subject to hydrolysis) is 1. The molecule has 1 atom stereocenters. The van der Waals surface area contributed by atoms with E-state index in [4.69, 9.17) is 13.9 Å². The first-order chi connectivity index (χ1) is 16.4. The van der Waals surface area contributed by atoms with Crippen LogP contribution in [0.15, 0.2) is 57.7 Å². The van der Waals surface area contributed by atoms with Gasteiger partial charge in [-0.1, -0.05) is 44.2 Å². The molecule has 0 radical (unpaired) electrons. The lowest BCUT2D eigenvalue weighted by Crippen LogP contribution is -2.45. The fourth-order valence-corrected chi connectivity index (χ4v) is 3.69. The molecule has 2 aromatic carbocycles. The molecule has 0 spiro atoms. The van der Waals surface area contributed by atoms with Crippen LogP contribution < -0.4 is 15.7 Å². The molecule has 0 saturated heterocycles. The van der Waals surface area contributed by atoms with Gasteiger partial charge in [0.2, 0.25) is 0 Å². The van der Waals surface area contributed by atoms with Gasteiger partial charge in [0.15, 0.2) is 0 Å². The minimum atomic E-state index is -0.884. The van der Waals surface area contributed by atoms with Crippen molar-refractivity contribution in [2.45, 2.75) is 66.0 Å². The lowest BCUT2D eigenvalue weighted by atomic mass is 10.00. The molecule has 1 unspecified atom stereocenters. The Morgan fingerprint density at radius 3 is 2.34 bits per heavy atom. The number of ether oxygens (including phenoxy) is 2. The number of benzene rings is 2. The SMILES string of the molecule is Cc1c(OC(=O)C(CCC(C)C)NC(=O)OC(C)(C)C)ccc2c(-c3ccccc3)cc(=O)oc12. The summed E-state index contributed by atoms with van der Waals surface area (Å²) in [5, 5.41) is 3.37. The van der Waals surface area contributed by atoms with E-state index in [9.17, 15) is 14.4 Å². The Labute approximate surface area is 205 Å². The molecule has 0 aliphatic carbocycles. The number of hydrogen-bond acceptors (Lipinski definition) is 6. The van der Waals surface area contributed by atoms with Crippen LogP contribution in [0.2, 0.25) is 0 Å². The highest BCUT2D eigenvalue weighted by atomic mass is 16.6. The molecule has 0 bridgehead atoms. The van der Waals surface area contributed by atoms with Crippen LogP contribution in [0.25, 0.3) is 22.1 Å². The van der Waals surface area contributed by atoms with E-state index >= 15 is 0 Å². The molecule has 35 heavy (non-hydrogen) atoms. The molecule has 1 amide bonds. The van der Waals surface area contributed by atoms with Crippen molar-refractivity contribution in [3.8, 4) is 16.9 Å². The van der Waals surface area contributed by atoms with Crippen LogP contribution in [-0.4, -0.2) is 23.7 Å². The topological polar surface area (TPSA) is 94.8 Å². The summed E-state index contributed by atoms with van der Waals surface area (Å²) in [5.41, 5.74) is 1.29. The standard InChI is InChI=1S/C28H33NO6/c1-17(2)12-14-22(29-27(32)35-28(4,5)6)26(31)33-23-15-13-20-21(19-10-8-7-9-11-19)16-24(30)34-25(20)18(23)3/h7-11,13,15-17,22H,12,14H2,1-6H3,(H,29,32). The van der Waals surface area contributed by atoms with Crippen molar-refractivity contribution in [2.24, 2.45) is 5.92 Å². The smallest absolute Gasteiger partial charge is 0.408 e. The Balaban J connectivity index is 1.91. The Hall–Kier alpha value is -3.61. The Morgan fingerprint density at radius 2 is 1.71 bits per heavy atom. The van der Waals surface area contributed by atoms with E-state index in [0.717, 1.165) is 16.5 Å². The van der Waals surface area contributed by atoms with Crippen molar-refractivity contribution < 1.29 is 23.5 Å². The maximum absolute atomic E-state index is 13.1. The summed E-state index contributed by atoms with van der Waals surface area (Å²) in [6, 6.07) is 13.5. The largest absolute Gasteiger partial charge is 0.444 e. The first kappa shape index (κ1) is 26.0. The van der Waals surface area contributed by atoms with Crippen LogP contribution in [0.3, 0.4) is 0 Å². The van der Waals surface area contributed by atoms with Crippen LogP contribution >= 0.6 is 0 Å². The first-order valence-corrected chi connectivity index (χ1v) is 11.8. The van der Waals surface area contributed by atoms with Gasteiger partial charge in [-0.25, -0.2) is 14.4 Å². The van der Waals surface area contributed by atoms with E-state index in [1.165, 1.54) is 6.07 Å². The van der Waals surface area contributed by atoms with Gasteiger partial charge in [0.05, 0.1) is 0 Å². The number of carbonyl (C=O) groups excluding carboxylic acids is 2. The maximum atomic E-state index is 13.1. The van der Waals surface area contributed by atoms with Gasteiger partial charge in [-0.05, 0) is 69.7 Å². The Morgan fingerprint density at radius 1 is 1.03 bits per heavy atom. The zero-order chi connectivity index (χ0) is 25.8. The van der Waals surface area contributed by atoms with Crippen molar-refractivity contribution in [2.75, 3.05) is 0 Å². The average Bonchev–Trinajstić information content (AvgIpc) is 2.77. The van der Waals surface area contributed by atoms with Gasteiger partial charge in [-0.15, -0.1) is 0 Å². The second-order valence-corrected chi connectivity index (χ2v) is 10.0. The van der Waals surface area contributed by atoms with Crippen molar-refractivity contribution in [1.82, 2.24) is 5.32 Å². The van der Waals surface area contributed by atoms with Crippen molar-refractivity contribution in [1.29, 1.82) is 0 Å². The molecule has 186 valence electrons. The number of hydrogen-bond donors (Lipinski definition) is 1. The zero-order valence-corrected chi connectivity index (χ0v) is 21.1. The lowest BCUT2D eigenvalue weighted by molar-refractivity contribution is -0.137. The van der Waals surface area contributed by atoms with Gasteiger partial charge in [-0.2, -0.15) is 0 Å². The molecule has 1 aromatic heterocycles. The summed E-state index contributed by atoms with van der Waals surface area (Å²) in [6.07, 6.45) is 0.425. The molecular weight excluding hydrogens is 446 g/mol. The van der Waals surface area contributed by atoms with E-state index in [2.05, 4.69) is 5.32 Å². The molecule has 0 aliphatic rings. The van der Waals surface area contributed by atoms with Crippen LogP contribution in [-0.2, 0) is 9.53 Å². The number of aryl methyl sites for hydroxylation is 1. The normalized spacial score (nSPS) is 12.4. The Bertz CT molecular complexity index is 1250. The minimum Gasteiger partial charge on any atom is -0.444 e. The highest BCUT2D eigenvalue weighted by Crippen LogP contribution is 2.33. The summed E-state index contributed by atoms with van der Waals surface area (Å²) >= 11 is 0. The summed E-state index contributed by atoms with van der Waals surface area (Å²) in [5.74, 6) is -0.0178. The van der Waals surface area contributed by atoms with E-state index in [1.807, 2.05) is 44.2 Å². The second kappa shape index (κ2) is 10.8. The summed E-state index contributed by atoms with van der Waals surface area (Å²) in [6.45, 7) is 11.1. The molecule has 1 heterocycles. The van der Waals surface area contributed by atoms with Crippen LogP contribution in [0.4, 0.5) is 4.79 Å². The Kier molecular flexibility index (Phi) is 7.99. The summed E-state index contributed by atoms with van der Waals surface area (Å²) < 4.78 is 16.5. The molecule has 7 heteroatoms. The van der Waals surface area contributed by atoms with E-state index in [0.29, 0.717) is 29.9 Å². The maximum Gasteiger partial charge on any atom is 0.408 e. The minimum absolute atomic E-state index is 0.261. The molecule has 3 aromatic rings. The monoisotopic (exact) mass is 479 g/mol. The molecule has 1 N–H and O–H groups in total. The molecule has 0 aliphatic heterocycles. The predicted octanol–water partition coefficient (Wildman–Crippen LogP) is 6.00. The number of fused-ring (bicyclic) bond motifs is 1. The number of rotatable bonds is 7. The number of esters is 1. The first-order valence-electron chi connectivity index (χ1n) is 11.8. The molecule has 0 fully saturated rings. The van der Waals surface area contributed by atoms with Crippen LogP contribution in [0.1, 0.15) is 53.0 Å². The summed E-state index contributed by atoms with van der Waals surface area (Å²) in [4.78, 5) is 37.7. The van der Waals surface area contributed by atoms with Crippen molar-refractivity contribution in [3.05, 3.63) is 64.5 Å². The van der Waals surface area contributed by atoms with E-state index in [-0.39, 0.29) is 5.75 Å². The van der Waals surface area contributed by atoms with Crippen LogP contribution in [0, 0.1) is 12.8 Å². The van der Waals surface area contributed by atoms with Crippen LogP contribution in [0.5, 0.6) is 5.75 Å². The third-order valence-electron chi connectivity index (χ3n) is 5.41.